The molecule has 0 bridgehead atoms. The Balaban J connectivity index is 0.00000400. The number of nitrogens with two attached hydrogens (primary N) is 1. The summed E-state index contributed by atoms with van der Waals surface area (Å²) in [6.45, 7) is -0.630. The Hall–Kier alpha value is -1.45. The van der Waals surface area contributed by atoms with E-state index in [1.807, 2.05) is 0 Å². The highest BCUT2D eigenvalue weighted by Crippen LogP contribution is 2.40. The van der Waals surface area contributed by atoms with Gasteiger partial charge in [-0.2, -0.15) is 13.2 Å². The van der Waals surface area contributed by atoms with Crippen LogP contribution < -0.4 is 16.4 Å². The van der Waals surface area contributed by atoms with E-state index in [4.69, 9.17) is 5.73 Å². The number of halogens is 4. The third kappa shape index (κ3) is 7.78. The molecule has 1 rings (SSSR count). The minimum atomic E-state index is -4.45. The van der Waals surface area contributed by atoms with Crippen LogP contribution in [-0.2, 0) is 9.59 Å². The van der Waals surface area contributed by atoms with Crippen molar-refractivity contribution < 1.29 is 22.8 Å². The van der Waals surface area contributed by atoms with Crippen molar-refractivity contribution in [3.8, 4) is 0 Å². The summed E-state index contributed by atoms with van der Waals surface area (Å²) < 4.78 is 37.0. The fraction of sp³-hybridized carbons (Fsp3) is 0.273. The number of nitrogens with one attached hydrogen (secondary N) is 2. The Morgan fingerprint density at radius 2 is 1.81 bits per heavy atom. The second-order valence-corrected chi connectivity index (χ2v) is 4.68. The SMILES string of the molecule is Cl.NCC(=O)NCC(=O)Nc1ccccc1SC(F)(F)F. The summed E-state index contributed by atoms with van der Waals surface area (Å²) in [7, 11) is 0. The quantitative estimate of drug-likeness (QED) is 0.711. The van der Waals surface area contributed by atoms with Crippen LogP contribution in [0.25, 0.3) is 0 Å². The zero-order chi connectivity index (χ0) is 15.2. The van der Waals surface area contributed by atoms with Gasteiger partial charge in [-0.1, -0.05) is 12.1 Å². The molecule has 0 aliphatic heterocycles. The first-order valence-corrected chi connectivity index (χ1v) is 6.25. The van der Waals surface area contributed by atoms with E-state index in [0.717, 1.165) is 0 Å². The van der Waals surface area contributed by atoms with E-state index in [0.29, 0.717) is 0 Å². The van der Waals surface area contributed by atoms with Gasteiger partial charge in [0.2, 0.25) is 11.8 Å². The third-order valence-electron chi connectivity index (χ3n) is 2.02. The third-order valence-corrected chi connectivity index (χ3v) is 2.83. The van der Waals surface area contributed by atoms with E-state index in [2.05, 4.69) is 10.6 Å². The van der Waals surface area contributed by atoms with Gasteiger partial charge < -0.3 is 16.4 Å². The second kappa shape index (κ2) is 8.75. The molecule has 21 heavy (non-hydrogen) atoms. The van der Waals surface area contributed by atoms with Crippen LogP contribution in [-0.4, -0.2) is 30.4 Å². The molecule has 0 spiro atoms. The molecule has 0 heterocycles. The molecule has 118 valence electrons. The number of hydrogen-bond donors (Lipinski definition) is 3. The number of alkyl halides is 3. The maximum Gasteiger partial charge on any atom is 0.446 e. The number of benzene rings is 1. The minimum Gasteiger partial charge on any atom is -0.346 e. The van der Waals surface area contributed by atoms with E-state index in [1.54, 1.807) is 0 Å². The summed E-state index contributed by atoms with van der Waals surface area (Å²) in [6, 6.07) is 5.51. The normalized spacial score (nSPS) is 10.5. The van der Waals surface area contributed by atoms with E-state index in [1.165, 1.54) is 24.3 Å². The number of para-hydroxylation sites is 1. The number of carbonyl (C=O) groups is 2. The molecule has 0 aliphatic carbocycles. The standard InChI is InChI=1S/C11H12F3N3O2S.ClH/c12-11(13,14)20-8-4-2-1-3-7(8)17-10(19)6-16-9(18)5-15;/h1-4H,5-6,15H2,(H,16,18)(H,17,19);1H. The average Bonchev–Trinajstić information content (AvgIpc) is 2.36. The molecule has 0 unspecified atom stereocenters. The lowest BCUT2D eigenvalue weighted by molar-refractivity contribution is -0.123. The second-order valence-electron chi connectivity index (χ2n) is 3.57. The van der Waals surface area contributed by atoms with Gasteiger partial charge in [0, 0.05) is 4.90 Å². The van der Waals surface area contributed by atoms with Gasteiger partial charge in [-0.05, 0) is 23.9 Å². The van der Waals surface area contributed by atoms with Crippen LogP contribution in [0.3, 0.4) is 0 Å². The first kappa shape index (κ1) is 19.6. The predicted octanol–water partition coefficient (Wildman–Crippen LogP) is 1.73. The lowest BCUT2D eigenvalue weighted by atomic mass is 10.3. The van der Waals surface area contributed by atoms with Gasteiger partial charge in [-0.25, -0.2) is 0 Å². The van der Waals surface area contributed by atoms with Gasteiger partial charge in [0.25, 0.3) is 0 Å². The topological polar surface area (TPSA) is 84.2 Å². The number of carbonyl (C=O) groups excluding carboxylic acids is 2. The summed E-state index contributed by atoms with van der Waals surface area (Å²) in [6.07, 6.45) is 0. The van der Waals surface area contributed by atoms with Gasteiger partial charge in [0.15, 0.2) is 0 Å². The molecule has 0 radical (unpaired) electrons. The van der Waals surface area contributed by atoms with Crippen LogP contribution in [0.4, 0.5) is 18.9 Å². The van der Waals surface area contributed by atoms with Gasteiger partial charge in [0.05, 0.1) is 18.8 Å². The maximum atomic E-state index is 12.3. The van der Waals surface area contributed by atoms with E-state index >= 15 is 0 Å². The Kier molecular flexibility index (Phi) is 8.15. The van der Waals surface area contributed by atoms with Crippen molar-refractivity contribution in [3.63, 3.8) is 0 Å². The molecule has 0 fully saturated rings. The fourth-order valence-electron chi connectivity index (χ4n) is 1.23. The lowest BCUT2D eigenvalue weighted by Gasteiger charge is -2.12. The smallest absolute Gasteiger partial charge is 0.346 e. The Labute approximate surface area is 129 Å². The predicted molar refractivity (Wildman–Crippen MR) is 76.3 cm³/mol. The summed E-state index contributed by atoms with van der Waals surface area (Å²) in [5, 5.41) is 4.51. The van der Waals surface area contributed by atoms with Crippen LogP contribution in [0.2, 0.25) is 0 Å². The van der Waals surface area contributed by atoms with E-state index in [-0.39, 0.29) is 47.8 Å². The Bertz CT molecular complexity index is 500. The van der Waals surface area contributed by atoms with Crippen molar-refractivity contribution in [3.05, 3.63) is 24.3 Å². The molecular formula is C11H13ClF3N3O2S. The van der Waals surface area contributed by atoms with Crippen molar-refractivity contribution in [2.45, 2.75) is 10.4 Å². The number of hydrogen-bond acceptors (Lipinski definition) is 4. The first-order valence-electron chi connectivity index (χ1n) is 5.43. The van der Waals surface area contributed by atoms with Gasteiger partial charge in [-0.15, -0.1) is 12.4 Å². The van der Waals surface area contributed by atoms with Crippen molar-refractivity contribution in [1.29, 1.82) is 0 Å². The Morgan fingerprint density at radius 3 is 2.38 bits per heavy atom. The van der Waals surface area contributed by atoms with Crippen LogP contribution >= 0.6 is 24.2 Å². The van der Waals surface area contributed by atoms with Gasteiger partial charge >= 0.3 is 5.51 Å². The summed E-state index contributed by atoms with van der Waals surface area (Å²) in [5.74, 6) is -1.17. The van der Waals surface area contributed by atoms with E-state index < -0.39 is 17.3 Å². The van der Waals surface area contributed by atoms with E-state index in [9.17, 15) is 22.8 Å². The number of amides is 2. The summed E-state index contributed by atoms with van der Waals surface area (Å²) in [5.41, 5.74) is 0.612. The highest BCUT2D eigenvalue weighted by atomic mass is 35.5. The number of rotatable bonds is 5. The van der Waals surface area contributed by atoms with Crippen LogP contribution in [0.15, 0.2) is 29.2 Å². The highest BCUT2D eigenvalue weighted by Gasteiger charge is 2.30. The molecule has 1 aromatic rings. The van der Waals surface area contributed by atoms with Crippen molar-refractivity contribution in [1.82, 2.24) is 5.32 Å². The van der Waals surface area contributed by atoms with Crippen molar-refractivity contribution >= 4 is 41.7 Å². The van der Waals surface area contributed by atoms with Gasteiger partial charge in [-0.3, -0.25) is 9.59 Å². The monoisotopic (exact) mass is 343 g/mol. The highest BCUT2D eigenvalue weighted by molar-refractivity contribution is 8.00. The molecule has 5 nitrogen and oxygen atoms in total. The molecule has 0 atom stereocenters. The molecule has 10 heteroatoms. The van der Waals surface area contributed by atoms with Crippen molar-refractivity contribution in [2.24, 2.45) is 5.73 Å². The van der Waals surface area contributed by atoms with Crippen LogP contribution in [0.1, 0.15) is 0 Å². The first-order chi connectivity index (χ1) is 9.31. The average molecular weight is 344 g/mol. The molecule has 0 saturated heterocycles. The molecular weight excluding hydrogens is 331 g/mol. The Morgan fingerprint density at radius 1 is 1.19 bits per heavy atom. The fourth-order valence-corrected chi connectivity index (χ4v) is 1.85. The largest absolute Gasteiger partial charge is 0.446 e. The molecule has 2 amide bonds. The maximum absolute atomic E-state index is 12.3. The molecule has 4 N–H and O–H groups in total. The molecule has 0 aliphatic rings. The summed E-state index contributed by atoms with van der Waals surface area (Å²) >= 11 is -0.324. The molecule has 0 aromatic heterocycles. The molecule has 1 aromatic carbocycles. The zero-order valence-electron chi connectivity index (χ0n) is 10.6. The summed E-state index contributed by atoms with van der Waals surface area (Å²) in [4.78, 5) is 22.2. The van der Waals surface area contributed by atoms with Crippen LogP contribution in [0.5, 0.6) is 0 Å². The minimum absolute atomic E-state index is 0. The van der Waals surface area contributed by atoms with Crippen molar-refractivity contribution in [2.75, 3.05) is 18.4 Å². The number of anilines is 1. The zero-order valence-corrected chi connectivity index (χ0v) is 12.2. The van der Waals surface area contributed by atoms with Gasteiger partial charge in [0.1, 0.15) is 0 Å². The number of thioether (sulfide) groups is 1. The van der Waals surface area contributed by atoms with Crippen LogP contribution in [0, 0.1) is 0 Å². The molecule has 0 saturated carbocycles. The lowest BCUT2D eigenvalue weighted by Crippen LogP contribution is -2.36.